The molecule has 1 aromatic rings. The smallest absolute Gasteiger partial charge is 0.306 e. The molecule has 1 amide bonds. The predicted molar refractivity (Wildman–Crippen MR) is 73.0 cm³/mol. The number of anilines is 1. The van der Waals surface area contributed by atoms with Gasteiger partial charge in [0.1, 0.15) is 0 Å². The molecule has 4 heteroatoms. The van der Waals surface area contributed by atoms with Gasteiger partial charge in [0.25, 0.3) is 0 Å². The van der Waals surface area contributed by atoms with Gasteiger partial charge in [0, 0.05) is 18.2 Å². The van der Waals surface area contributed by atoms with E-state index in [1.807, 2.05) is 30.0 Å². The second kappa shape index (κ2) is 5.87. The molecule has 0 N–H and O–H groups in total. The Balaban J connectivity index is 2.14. The lowest BCUT2D eigenvalue weighted by Gasteiger charge is -2.35. The van der Waals surface area contributed by atoms with Gasteiger partial charge in [-0.25, -0.2) is 0 Å². The number of methoxy groups -OCH3 is 1. The molecule has 0 saturated heterocycles. The van der Waals surface area contributed by atoms with E-state index < -0.39 is 0 Å². The van der Waals surface area contributed by atoms with Gasteiger partial charge in [-0.15, -0.1) is 0 Å². The standard InChI is InChI=1S/C15H19NO3/c1-11-7-8-12-5-3-4-6-13(12)16(11)14(17)9-10-15(18)19-2/h3-6,11H,7-10H2,1-2H3. The van der Waals surface area contributed by atoms with Crippen LogP contribution in [0.3, 0.4) is 0 Å². The molecule has 102 valence electrons. The average Bonchev–Trinajstić information content (AvgIpc) is 2.44. The lowest BCUT2D eigenvalue weighted by atomic mass is 9.96. The molecule has 0 aromatic heterocycles. The van der Waals surface area contributed by atoms with Crippen molar-refractivity contribution in [2.24, 2.45) is 0 Å². The summed E-state index contributed by atoms with van der Waals surface area (Å²) < 4.78 is 4.57. The van der Waals surface area contributed by atoms with Crippen LogP contribution in [-0.4, -0.2) is 25.0 Å². The number of hydrogen-bond acceptors (Lipinski definition) is 3. The maximum absolute atomic E-state index is 12.3. The molecule has 1 heterocycles. The summed E-state index contributed by atoms with van der Waals surface area (Å²) in [5, 5.41) is 0. The molecule has 0 aliphatic carbocycles. The fourth-order valence-corrected chi connectivity index (χ4v) is 2.50. The van der Waals surface area contributed by atoms with Crippen LogP contribution in [0.4, 0.5) is 5.69 Å². The maximum atomic E-state index is 12.3. The van der Waals surface area contributed by atoms with Gasteiger partial charge in [-0.2, -0.15) is 0 Å². The Morgan fingerprint density at radius 3 is 2.79 bits per heavy atom. The number of carbonyl (C=O) groups excluding carboxylic acids is 2. The van der Waals surface area contributed by atoms with Crippen molar-refractivity contribution in [3.8, 4) is 0 Å². The topological polar surface area (TPSA) is 46.6 Å². The summed E-state index contributed by atoms with van der Waals surface area (Å²) >= 11 is 0. The molecule has 0 bridgehead atoms. The highest BCUT2D eigenvalue weighted by Gasteiger charge is 2.27. The second-order valence-corrected chi connectivity index (χ2v) is 4.86. The van der Waals surface area contributed by atoms with Crippen LogP contribution in [0.5, 0.6) is 0 Å². The van der Waals surface area contributed by atoms with Crippen LogP contribution in [0, 0.1) is 0 Å². The molecule has 4 nitrogen and oxygen atoms in total. The summed E-state index contributed by atoms with van der Waals surface area (Å²) in [6.07, 6.45) is 2.30. The molecular formula is C15H19NO3. The van der Waals surface area contributed by atoms with Gasteiger partial charge in [-0.1, -0.05) is 18.2 Å². The highest BCUT2D eigenvalue weighted by Crippen LogP contribution is 2.31. The summed E-state index contributed by atoms with van der Waals surface area (Å²) in [4.78, 5) is 25.3. The van der Waals surface area contributed by atoms with E-state index in [1.54, 1.807) is 0 Å². The molecule has 1 atom stereocenters. The summed E-state index contributed by atoms with van der Waals surface area (Å²) in [5.74, 6) is -0.351. The highest BCUT2D eigenvalue weighted by molar-refractivity contribution is 5.96. The predicted octanol–water partition coefficient (Wildman–Crippen LogP) is 2.31. The monoisotopic (exact) mass is 261 g/mol. The van der Waals surface area contributed by atoms with Gasteiger partial charge in [0.2, 0.25) is 5.91 Å². The molecular weight excluding hydrogens is 242 g/mol. The second-order valence-electron chi connectivity index (χ2n) is 4.86. The first-order valence-corrected chi connectivity index (χ1v) is 6.60. The number of benzene rings is 1. The molecule has 1 aromatic carbocycles. The first-order valence-electron chi connectivity index (χ1n) is 6.60. The normalized spacial score (nSPS) is 17.8. The number of aryl methyl sites for hydroxylation is 1. The first-order chi connectivity index (χ1) is 9.13. The quantitative estimate of drug-likeness (QED) is 0.784. The minimum absolute atomic E-state index is 0.00921. The SMILES string of the molecule is COC(=O)CCC(=O)N1c2ccccc2CCC1C. The van der Waals surface area contributed by atoms with Gasteiger partial charge >= 0.3 is 5.97 Å². The van der Waals surface area contributed by atoms with Crippen LogP contribution < -0.4 is 4.90 Å². The number of nitrogens with zero attached hydrogens (tertiary/aromatic N) is 1. The molecule has 0 spiro atoms. The Morgan fingerprint density at radius 2 is 2.05 bits per heavy atom. The van der Waals surface area contributed by atoms with E-state index in [2.05, 4.69) is 10.8 Å². The van der Waals surface area contributed by atoms with Crippen LogP contribution in [-0.2, 0) is 20.7 Å². The number of amides is 1. The van der Waals surface area contributed by atoms with E-state index >= 15 is 0 Å². The van der Waals surface area contributed by atoms with Gasteiger partial charge in [-0.3, -0.25) is 9.59 Å². The largest absolute Gasteiger partial charge is 0.469 e. The van der Waals surface area contributed by atoms with Crippen LogP contribution in [0.15, 0.2) is 24.3 Å². The van der Waals surface area contributed by atoms with Crippen molar-refractivity contribution in [3.05, 3.63) is 29.8 Å². The van der Waals surface area contributed by atoms with Crippen molar-refractivity contribution in [1.29, 1.82) is 0 Å². The minimum Gasteiger partial charge on any atom is -0.469 e. The molecule has 1 unspecified atom stereocenters. The minimum atomic E-state index is -0.341. The average molecular weight is 261 g/mol. The van der Waals surface area contributed by atoms with Crippen molar-refractivity contribution in [1.82, 2.24) is 0 Å². The summed E-state index contributed by atoms with van der Waals surface area (Å²) in [6.45, 7) is 2.05. The Bertz CT molecular complexity index is 484. The molecule has 0 fully saturated rings. The van der Waals surface area contributed by atoms with E-state index in [0.29, 0.717) is 0 Å². The summed E-state index contributed by atoms with van der Waals surface area (Å²) in [5.41, 5.74) is 2.18. The number of para-hydroxylation sites is 1. The van der Waals surface area contributed by atoms with Gasteiger partial charge < -0.3 is 9.64 Å². The lowest BCUT2D eigenvalue weighted by Crippen LogP contribution is -2.42. The Kier molecular flexibility index (Phi) is 4.20. The van der Waals surface area contributed by atoms with Crippen molar-refractivity contribution < 1.29 is 14.3 Å². The maximum Gasteiger partial charge on any atom is 0.306 e. The van der Waals surface area contributed by atoms with Gasteiger partial charge in [0.05, 0.1) is 13.5 Å². The zero-order valence-electron chi connectivity index (χ0n) is 11.4. The Hall–Kier alpha value is -1.84. The van der Waals surface area contributed by atoms with E-state index in [-0.39, 0.29) is 30.8 Å². The fraction of sp³-hybridized carbons (Fsp3) is 0.467. The number of ether oxygens (including phenoxy) is 1. The molecule has 1 aliphatic rings. The molecule has 1 aliphatic heterocycles. The van der Waals surface area contributed by atoms with Crippen LogP contribution in [0.25, 0.3) is 0 Å². The Labute approximate surface area is 113 Å². The van der Waals surface area contributed by atoms with Crippen LogP contribution in [0.1, 0.15) is 31.7 Å². The van der Waals surface area contributed by atoms with Crippen molar-refractivity contribution in [3.63, 3.8) is 0 Å². The third-order valence-electron chi connectivity index (χ3n) is 3.56. The molecule has 2 rings (SSSR count). The number of carbonyl (C=O) groups is 2. The lowest BCUT2D eigenvalue weighted by molar-refractivity contribution is -0.141. The van der Waals surface area contributed by atoms with E-state index in [0.717, 1.165) is 18.5 Å². The fourth-order valence-electron chi connectivity index (χ4n) is 2.50. The highest BCUT2D eigenvalue weighted by atomic mass is 16.5. The third kappa shape index (κ3) is 2.95. The molecule has 0 saturated carbocycles. The third-order valence-corrected chi connectivity index (χ3v) is 3.56. The Morgan fingerprint density at radius 1 is 1.32 bits per heavy atom. The first kappa shape index (κ1) is 13.6. The number of hydrogen-bond donors (Lipinski definition) is 0. The zero-order chi connectivity index (χ0) is 13.8. The van der Waals surface area contributed by atoms with E-state index in [1.165, 1.54) is 12.7 Å². The number of esters is 1. The van der Waals surface area contributed by atoms with E-state index in [4.69, 9.17) is 0 Å². The van der Waals surface area contributed by atoms with Crippen molar-refractivity contribution in [2.45, 2.75) is 38.6 Å². The molecule has 19 heavy (non-hydrogen) atoms. The van der Waals surface area contributed by atoms with Crippen LogP contribution >= 0.6 is 0 Å². The van der Waals surface area contributed by atoms with Crippen LogP contribution in [0.2, 0.25) is 0 Å². The van der Waals surface area contributed by atoms with Crippen molar-refractivity contribution in [2.75, 3.05) is 12.0 Å². The summed E-state index contributed by atoms with van der Waals surface area (Å²) in [6, 6.07) is 8.15. The summed E-state index contributed by atoms with van der Waals surface area (Å²) in [7, 11) is 1.34. The van der Waals surface area contributed by atoms with Gasteiger partial charge in [-0.05, 0) is 31.4 Å². The van der Waals surface area contributed by atoms with E-state index in [9.17, 15) is 9.59 Å². The van der Waals surface area contributed by atoms with Gasteiger partial charge in [0.15, 0.2) is 0 Å². The van der Waals surface area contributed by atoms with Crippen molar-refractivity contribution >= 4 is 17.6 Å². The molecule has 0 radical (unpaired) electrons. The number of rotatable bonds is 3. The zero-order valence-corrected chi connectivity index (χ0v) is 11.4. The number of fused-ring (bicyclic) bond motifs is 1.